The van der Waals surface area contributed by atoms with Gasteiger partial charge in [-0.15, -0.1) is 0 Å². The fraction of sp³-hybridized carbons (Fsp3) is 0.368. The first kappa shape index (κ1) is 15.4. The fourth-order valence-corrected chi connectivity index (χ4v) is 3.23. The molecule has 1 atom stereocenters. The highest BCUT2D eigenvalue weighted by Gasteiger charge is 2.25. The van der Waals surface area contributed by atoms with Crippen molar-refractivity contribution in [3.05, 3.63) is 41.5 Å². The average Bonchev–Trinajstić information content (AvgIpc) is 3.23. The van der Waals surface area contributed by atoms with Crippen LogP contribution in [0, 0.1) is 11.6 Å². The standard InChI is InChI=1S/C19H18F2O3/c1-2-9-22-15-8-7-12-11-5-6-13(14-4-3-10-23-14)16(20)18(11)24-19(12)17(15)21/h5-8,14H,2-4,9-10H2,1H3. The van der Waals surface area contributed by atoms with Gasteiger partial charge in [0.15, 0.2) is 22.7 Å². The van der Waals surface area contributed by atoms with Gasteiger partial charge in [0.25, 0.3) is 0 Å². The maximum Gasteiger partial charge on any atom is 0.208 e. The summed E-state index contributed by atoms with van der Waals surface area (Å²) in [5, 5.41) is 1.11. The summed E-state index contributed by atoms with van der Waals surface area (Å²) in [7, 11) is 0. The predicted octanol–water partition coefficient (Wildman–Crippen LogP) is 5.50. The summed E-state index contributed by atoms with van der Waals surface area (Å²) < 4.78 is 45.9. The Hall–Kier alpha value is -2.14. The Labute approximate surface area is 138 Å². The van der Waals surface area contributed by atoms with Crippen molar-refractivity contribution in [1.29, 1.82) is 0 Å². The molecule has 0 bridgehead atoms. The Kier molecular flexibility index (Phi) is 3.88. The van der Waals surface area contributed by atoms with Gasteiger partial charge in [-0.1, -0.05) is 13.0 Å². The molecule has 1 saturated heterocycles. The maximum atomic E-state index is 14.9. The van der Waals surface area contributed by atoms with E-state index in [2.05, 4.69) is 0 Å². The molecule has 5 heteroatoms. The lowest BCUT2D eigenvalue weighted by Crippen LogP contribution is -1.99. The summed E-state index contributed by atoms with van der Waals surface area (Å²) in [6, 6.07) is 6.75. The van der Waals surface area contributed by atoms with Gasteiger partial charge >= 0.3 is 0 Å². The van der Waals surface area contributed by atoms with Gasteiger partial charge < -0.3 is 13.9 Å². The number of benzene rings is 2. The molecule has 3 nitrogen and oxygen atoms in total. The van der Waals surface area contributed by atoms with Crippen molar-refractivity contribution in [1.82, 2.24) is 0 Å². The normalized spacial score (nSPS) is 17.9. The molecular weight excluding hydrogens is 314 g/mol. The summed E-state index contributed by atoms with van der Waals surface area (Å²) >= 11 is 0. The second-order valence-electron chi connectivity index (χ2n) is 6.05. The SMILES string of the molecule is CCCOc1ccc2c(oc3c(F)c(C4CCCO4)ccc32)c1F. The second-order valence-corrected chi connectivity index (χ2v) is 6.05. The quantitative estimate of drug-likeness (QED) is 0.632. The predicted molar refractivity (Wildman–Crippen MR) is 87.3 cm³/mol. The van der Waals surface area contributed by atoms with Gasteiger partial charge in [-0.25, -0.2) is 4.39 Å². The summed E-state index contributed by atoms with van der Waals surface area (Å²) in [4.78, 5) is 0. The monoisotopic (exact) mass is 332 g/mol. The van der Waals surface area contributed by atoms with E-state index in [0.29, 0.717) is 29.5 Å². The molecule has 1 aromatic heterocycles. The summed E-state index contributed by atoms with van der Waals surface area (Å²) in [5.74, 6) is -0.926. The fourth-order valence-electron chi connectivity index (χ4n) is 3.23. The molecule has 0 spiro atoms. The molecule has 4 rings (SSSR count). The van der Waals surface area contributed by atoms with E-state index in [1.807, 2.05) is 6.92 Å². The van der Waals surface area contributed by atoms with Crippen LogP contribution in [0.15, 0.2) is 28.7 Å². The average molecular weight is 332 g/mol. The molecule has 2 heterocycles. The third-order valence-electron chi connectivity index (χ3n) is 4.42. The minimum Gasteiger partial charge on any atom is -0.490 e. The van der Waals surface area contributed by atoms with E-state index in [0.717, 1.165) is 19.3 Å². The van der Waals surface area contributed by atoms with E-state index >= 15 is 0 Å². The molecule has 1 aliphatic rings. The van der Waals surface area contributed by atoms with Gasteiger partial charge in [-0.3, -0.25) is 0 Å². The van der Waals surface area contributed by atoms with E-state index < -0.39 is 11.6 Å². The molecule has 2 aromatic carbocycles. The minimum atomic E-state index is -0.588. The van der Waals surface area contributed by atoms with Gasteiger partial charge in [-0.2, -0.15) is 4.39 Å². The molecule has 126 valence electrons. The van der Waals surface area contributed by atoms with Crippen LogP contribution in [0.4, 0.5) is 8.78 Å². The smallest absolute Gasteiger partial charge is 0.208 e. The van der Waals surface area contributed by atoms with E-state index in [9.17, 15) is 8.78 Å². The largest absolute Gasteiger partial charge is 0.490 e. The molecular formula is C19H18F2O3. The summed E-state index contributed by atoms with van der Waals surface area (Å²) in [6.45, 7) is 2.99. The number of fused-ring (bicyclic) bond motifs is 3. The Balaban J connectivity index is 1.87. The molecule has 0 saturated carbocycles. The molecule has 0 N–H and O–H groups in total. The van der Waals surface area contributed by atoms with E-state index in [4.69, 9.17) is 13.9 Å². The van der Waals surface area contributed by atoms with E-state index in [1.54, 1.807) is 24.3 Å². The summed E-state index contributed by atoms with van der Waals surface area (Å²) in [6.07, 6.45) is 2.22. The molecule has 3 aromatic rings. The van der Waals surface area contributed by atoms with Gasteiger partial charge in [0, 0.05) is 22.9 Å². The van der Waals surface area contributed by atoms with Gasteiger partial charge in [0.05, 0.1) is 12.7 Å². The molecule has 0 radical (unpaired) electrons. The van der Waals surface area contributed by atoms with E-state index in [-0.39, 0.29) is 23.0 Å². The van der Waals surface area contributed by atoms with Crippen LogP contribution in [0.25, 0.3) is 21.9 Å². The Bertz CT molecular complexity index is 895. The van der Waals surface area contributed by atoms with Crippen LogP contribution in [0.2, 0.25) is 0 Å². The maximum absolute atomic E-state index is 14.9. The zero-order valence-electron chi connectivity index (χ0n) is 13.4. The number of ether oxygens (including phenoxy) is 2. The van der Waals surface area contributed by atoms with Crippen molar-refractivity contribution < 1.29 is 22.7 Å². The number of hydrogen-bond acceptors (Lipinski definition) is 3. The van der Waals surface area contributed by atoms with Crippen LogP contribution in [-0.4, -0.2) is 13.2 Å². The number of halogens is 2. The van der Waals surface area contributed by atoms with Crippen LogP contribution in [-0.2, 0) is 4.74 Å². The summed E-state index contributed by atoms with van der Waals surface area (Å²) in [5.41, 5.74) is 0.577. The Morgan fingerprint density at radius 1 is 1.08 bits per heavy atom. The highest BCUT2D eigenvalue weighted by atomic mass is 19.1. The van der Waals surface area contributed by atoms with Gasteiger partial charge in [0.1, 0.15) is 0 Å². The van der Waals surface area contributed by atoms with Crippen LogP contribution < -0.4 is 4.74 Å². The zero-order chi connectivity index (χ0) is 16.7. The van der Waals surface area contributed by atoms with Crippen molar-refractivity contribution in [2.24, 2.45) is 0 Å². The first-order valence-electron chi connectivity index (χ1n) is 8.28. The van der Waals surface area contributed by atoms with Gasteiger partial charge in [-0.05, 0) is 37.5 Å². The third kappa shape index (κ3) is 2.35. The Morgan fingerprint density at radius 3 is 2.54 bits per heavy atom. The van der Waals surface area contributed by atoms with Gasteiger partial charge in [0.2, 0.25) is 5.82 Å². The van der Waals surface area contributed by atoms with Crippen molar-refractivity contribution in [3.8, 4) is 5.75 Å². The van der Waals surface area contributed by atoms with Crippen molar-refractivity contribution in [2.75, 3.05) is 13.2 Å². The minimum absolute atomic E-state index is 0.0296. The Morgan fingerprint density at radius 2 is 1.83 bits per heavy atom. The number of furan rings is 1. The molecule has 1 aliphatic heterocycles. The van der Waals surface area contributed by atoms with Crippen LogP contribution >= 0.6 is 0 Å². The first-order chi connectivity index (χ1) is 11.7. The molecule has 24 heavy (non-hydrogen) atoms. The van der Waals surface area contributed by atoms with Crippen LogP contribution in [0.5, 0.6) is 5.75 Å². The van der Waals surface area contributed by atoms with Crippen molar-refractivity contribution in [2.45, 2.75) is 32.3 Å². The van der Waals surface area contributed by atoms with Crippen LogP contribution in [0.1, 0.15) is 37.9 Å². The highest BCUT2D eigenvalue weighted by Crippen LogP contribution is 2.39. The second kappa shape index (κ2) is 6.06. The highest BCUT2D eigenvalue weighted by molar-refractivity contribution is 6.05. The lowest BCUT2D eigenvalue weighted by atomic mass is 10.0. The lowest BCUT2D eigenvalue weighted by molar-refractivity contribution is 0.109. The number of hydrogen-bond donors (Lipinski definition) is 0. The topological polar surface area (TPSA) is 31.6 Å². The van der Waals surface area contributed by atoms with Crippen molar-refractivity contribution in [3.63, 3.8) is 0 Å². The molecule has 1 fully saturated rings. The lowest BCUT2D eigenvalue weighted by Gasteiger charge is -2.10. The molecule has 1 unspecified atom stereocenters. The third-order valence-corrected chi connectivity index (χ3v) is 4.42. The molecule has 0 amide bonds. The molecule has 0 aliphatic carbocycles. The van der Waals surface area contributed by atoms with E-state index in [1.165, 1.54) is 0 Å². The van der Waals surface area contributed by atoms with Crippen LogP contribution in [0.3, 0.4) is 0 Å². The number of rotatable bonds is 4. The zero-order valence-corrected chi connectivity index (χ0v) is 13.4. The van der Waals surface area contributed by atoms with Crippen molar-refractivity contribution >= 4 is 21.9 Å². The first-order valence-corrected chi connectivity index (χ1v) is 8.28.